The molecule has 0 spiro atoms. The van der Waals surface area contributed by atoms with E-state index < -0.39 is 6.30 Å². The van der Waals surface area contributed by atoms with Gasteiger partial charge in [-0.25, -0.2) is 0 Å². The van der Waals surface area contributed by atoms with Crippen LogP contribution in [0.4, 0.5) is 13.2 Å². The van der Waals surface area contributed by atoms with Crippen LogP contribution >= 0.6 is 0 Å². The predicted octanol–water partition coefficient (Wildman–Crippen LogP) is 4.63. The topological polar surface area (TPSA) is 87.1 Å². The Hall–Kier alpha value is -3.90. The van der Waals surface area contributed by atoms with Crippen molar-refractivity contribution in [3.8, 4) is 0 Å². The van der Waals surface area contributed by atoms with E-state index in [-0.39, 0.29) is 53.6 Å². The molecule has 4 heterocycles. The average molecular weight is 656 g/mol. The Morgan fingerprint density at radius 1 is 1.06 bits per heavy atom. The van der Waals surface area contributed by atoms with Gasteiger partial charge in [-0.1, -0.05) is 48.0 Å². The Morgan fingerprint density at radius 2 is 1.79 bits per heavy atom. The number of likely N-dealkylation sites (N-methyl/N-ethyl adjacent to an activating group) is 2. The van der Waals surface area contributed by atoms with E-state index in [0.717, 1.165) is 36.9 Å². The first-order valence-electron chi connectivity index (χ1n) is 16.1. The van der Waals surface area contributed by atoms with Crippen LogP contribution < -0.4 is 5.32 Å². The lowest BCUT2D eigenvalue weighted by Gasteiger charge is -2.45. The van der Waals surface area contributed by atoms with Crippen LogP contribution in [0.1, 0.15) is 48.8 Å². The lowest BCUT2D eigenvalue weighted by Crippen LogP contribution is -2.51. The van der Waals surface area contributed by atoms with Crippen LogP contribution in [-0.4, -0.2) is 96.1 Å². The minimum absolute atomic E-state index is 0.00208. The number of carbonyl (C=O) groups excluding carboxylic acids is 3. The Morgan fingerprint density at radius 3 is 2.36 bits per heavy atom. The van der Waals surface area contributed by atoms with E-state index in [4.69, 9.17) is 4.74 Å². The first-order chi connectivity index (χ1) is 22.3. The van der Waals surface area contributed by atoms with E-state index in [9.17, 15) is 27.6 Å². The molecule has 3 fully saturated rings. The van der Waals surface area contributed by atoms with E-state index in [0.29, 0.717) is 29.3 Å². The van der Waals surface area contributed by atoms with Gasteiger partial charge in [-0.3, -0.25) is 19.0 Å². The normalized spacial score (nSPS) is 27.0. The summed E-state index contributed by atoms with van der Waals surface area (Å²) < 4.78 is 46.1. The highest BCUT2D eigenvalue weighted by Gasteiger charge is 2.44. The summed E-state index contributed by atoms with van der Waals surface area (Å²) in [5.74, 6) is -0.0759. The standard InChI is InChI=1S/C18H20F3N3O.C10H16N2O3.C7H8/c1-22-17(25)11-6-13-12-4-3-5-14-16(12)10(7-15(13)23(2)8-11)9-24(14)18(19,20)21;1-7-9(14)11(2)10(15-7)8-4-3-5-12(8)6-13;1-7-5-3-2-4-6-7/h3-5,9,11,13,15H,6-8H2,1-2H3,(H,22,25);6-8,10H,3-5H2,1-2H3;2-6H,1H3/t11-,13?,15-;7-,8+,10?;/m11./s1. The summed E-state index contributed by atoms with van der Waals surface area (Å²) in [6.07, 6.45) is 0.164. The number of ether oxygens (including phenoxy) is 1. The second kappa shape index (κ2) is 14.1. The van der Waals surface area contributed by atoms with Crippen molar-refractivity contribution in [2.24, 2.45) is 5.92 Å². The lowest BCUT2D eigenvalue weighted by molar-refractivity contribution is -0.200. The van der Waals surface area contributed by atoms with E-state index in [1.807, 2.05) is 31.3 Å². The molecule has 0 bridgehead atoms. The largest absolute Gasteiger partial charge is 0.488 e. The number of fused-ring (bicyclic) bond motifs is 2. The fourth-order valence-electron chi connectivity index (χ4n) is 7.56. The summed E-state index contributed by atoms with van der Waals surface area (Å²) in [6, 6.07) is 15.6. The number of halogens is 3. The molecular weight excluding hydrogens is 611 g/mol. The van der Waals surface area contributed by atoms with Gasteiger partial charge in [-0.2, -0.15) is 0 Å². The molecule has 2 unspecified atom stereocenters. The third-order valence-electron chi connectivity index (χ3n) is 9.90. The average Bonchev–Trinajstić information content (AvgIpc) is 3.75. The van der Waals surface area contributed by atoms with Crippen molar-refractivity contribution in [2.75, 3.05) is 34.2 Å². The Labute approximate surface area is 273 Å². The Balaban J connectivity index is 0.000000166. The number of carbonyl (C=O) groups is 3. The summed E-state index contributed by atoms with van der Waals surface area (Å²) in [6.45, 7) is 5.23. The van der Waals surface area contributed by atoms with Crippen molar-refractivity contribution in [3.05, 3.63) is 71.4 Å². The molecular formula is C35H44F3N5O4. The summed E-state index contributed by atoms with van der Waals surface area (Å²) in [5.41, 5.74) is 3.22. The van der Waals surface area contributed by atoms with E-state index >= 15 is 0 Å². The molecule has 1 aliphatic carbocycles. The molecule has 1 aromatic heterocycles. The van der Waals surface area contributed by atoms with Gasteiger partial charge < -0.3 is 24.8 Å². The number of hydrogen-bond acceptors (Lipinski definition) is 5. The number of alkyl halides is 3. The Kier molecular flexibility index (Phi) is 10.3. The van der Waals surface area contributed by atoms with Gasteiger partial charge >= 0.3 is 6.30 Å². The molecule has 0 saturated carbocycles. The van der Waals surface area contributed by atoms with Crippen molar-refractivity contribution in [1.29, 1.82) is 0 Å². The third-order valence-corrected chi connectivity index (χ3v) is 9.90. The van der Waals surface area contributed by atoms with Crippen LogP contribution in [-0.2, 0) is 31.8 Å². The molecule has 3 aromatic rings. The van der Waals surface area contributed by atoms with Gasteiger partial charge in [0.2, 0.25) is 12.3 Å². The zero-order chi connectivity index (χ0) is 34.0. The van der Waals surface area contributed by atoms with Gasteiger partial charge in [-0.05, 0) is 63.8 Å². The van der Waals surface area contributed by atoms with E-state index in [1.165, 1.54) is 17.8 Å². The quantitative estimate of drug-likeness (QED) is 0.416. The van der Waals surface area contributed by atoms with Gasteiger partial charge in [0.05, 0.1) is 17.5 Å². The number of rotatable bonds is 3. The number of hydrogen-bond donors (Lipinski definition) is 1. The molecule has 1 N–H and O–H groups in total. The van der Waals surface area contributed by atoms with Gasteiger partial charge in [-0.15, -0.1) is 13.2 Å². The third kappa shape index (κ3) is 7.03. The van der Waals surface area contributed by atoms with Gasteiger partial charge in [0.15, 0.2) is 6.23 Å². The number of aromatic nitrogens is 1. The number of likely N-dealkylation sites (tertiary alicyclic amines) is 2. The maximum atomic E-state index is 13.4. The fraction of sp³-hybridized carbons (Fsp3) is 0.514. The van der Waals surface area contributed by atoms with Crippen molar-refractivity contribution < 1.29 is 32.3 Å². The highest BCUT2D eigenvalue weighted by molar-refractivity contribution is 5.89. The maximum Gasteiger partial charge on any atom is 0.488 e. The summed E-state index contributed by atoms with van der Waals surface area (Å²) in [5, 5.41) is 3.42. The molecule has 4 aliphatic rings. The number of piperidine rings is 1. The second-order valence-corrected chi connectivity index (χ2v) is 12.9. The molecule has 3 amide bonds. The number of benzene rings is 2. The monoisotopic (exact) mass is 655 g/mol. The minimum Gasteiger partial charge on any atom is -0.359 e. The van der Waals surface area contributed by atoms with E-state index in [2.05, 4.69) is 29.3 Å². The minimum atomic E-state index is -4.43. The van der Waals surface area contributed by atoms with Crippen LogP contribution in [0.5, 0.6) is 0 Å². The molecule has 47 heavy (non-hydrogen) atoms. The summed E-state index contributed by atoms with van der Waals surface area (Å²) in [4.78, 5) is 40.0. The fourth-order valence-corrected chi connectivity index (χ4v) is 7.56. The lowest BCUT2D eigenvalue weighted by atomic mass is 9.72. The molecule has 2 aromatic carbocycles. The van der Waals surface area contributed by atoms with Gasteiger partial charge in [0.1, 0.15) is 6.10 Å². The molecule has 0 radical (unpaired) electrons. The van der Waals surface area contributed by atoms with Crippen LogP contribution in [0, 0.1) is 12.8 Å². The Bertz CT molecular complexity index is 1580. The van der Waals surface area contributed by atoms with Crippen LogP contribution in [0.3, 0.4) is 0 Å². The van der Waals surface area contributed by atoms with Crippen molar-refractivity contribution in [2.45, 2.75) is 76.2 Å². The molecule has 254 valence electrons. The van der Waals surface area contributed by atoms with Crippen molar-refractivity contribution in [1.82, 2.24) is 24.6 Å². The van der Waals surface area contributed by atoms with Gasteiger partial charge in [0.25, 0.3) is 5.91 Å². The predicted molar refractivity (Wildman–Crippen MR) is 172 cm³/mol. The molecule has 12 heteroatoms. The zero-order valence-electron chi connectivity index (χ0n) is 27.5. The number of nitrogens with zero attached hydrogens (tertiary/aromatic N) is 4. The highest BCUT2D eigenvalue weighted by atomic mass is 19.4. The first-order valence-corrected chi connectivity index (χ1v) is 16.1. The number of amides is 3. The second-order valence-electron chi connectivity index (χ2n) is 12.9. The van der Waals surface area contributed by atoms with Crippen LogP contribution in [0.25, 0.3) is 10.9 Å². The summed E-state index contributed by atoms with van der Waals surface area (Å²) in [7, 11) is 5.31. The molecule has 3 aliphatic heterocycles. The van der Waals surface area contributed by atoms with Crippen LogP contribution in [0.15, 0.2) is 54.7 Å². The maximum absolute atomic E-state index is 13.4. The van der Waals surface area contributed by atoms with E-state index in [1.54, 1.807) is 36.9 Å². The van der Waals surface area contributed by atoms with Crippen molar-refractivity contribution >= 4 is 29.1 Å². The van der Waals surface area contributed by atoms with Crippen molar-refractivity contribution in [3.63, 3.8) is 0 Å². The smallest absolute Gasteiger partial charge is 0.359 e. The molecule has 7 rings (SSSR count). The highest BCUT2D eigenvalue weighted by Crippen LogP contribution is 2.46. The zero-order valence-corrected chi connectivity index (χ0v) is 27.5. The molecule has 6 atom stereocenters. The molecule has 9 nitrogen and oxygen atoms in total. The number of nitrogens with one attached hydrogen (secondary N) is 1. The SMILES string of the molecule is CNC(=O)[C@@H]1CC2c3cccc4c3c(cn4C(F)(F)F)C[C@H]2N(C)C1.C[C@H]1OC([C@@H]2CCCN2C=O)N(C)C1=O.Cc1ccccc1. The van der Waals surface area contributed by atoms with Crippen LogP contribution in [0.2, 0.25) is 0 Å². The number of aryl methyl sites for hydroxylation is 1. The van der Waals surface area contributed by atoms with Gasteiger partial charge in [0, 0.05) is 50.7 Å². The first kappa shape index (κ1) is 34.4. The molecule has 3 saturated heterocycles. The summed E-state index contributed by atoms with van der Waals surface area (Å²) >= 11 is 0.